The lowest BCUT2D eigenvalue weighted by Gasteiger charge is -2.11. The Morgan fingerprint density at radius 3 is 2.50 bits per heavy atom. The maximum atomic E-state index is 11.9. The normalized spacial score (nSPS) is 10.4. The van der Waals surface area contributed by atoms with Crippen molar-refractivity contribution in [3.05, 3.63) is 54.3 Å². The van der Waals surface area contributed by atoms with Crippen LogP contribution in [0.2, 0.25) is 5.02 Å². The molecule has 3 nitrogen and oxygen atoms in total. The minimum Gasteiger partial charge on any atom is -0.480 e. The van der Waals surface area contributed by atoms with Crippen LogP contribution < -0.4 is 9.47 Å². The molecule has 22 heavy (non-hydrogen) atoms. The summed E-state index contributed by atoms with van der Waals surface area (Å²) in [7, 11) is 0. The van der Waals surface area contributed by atoms with Crippen LogP contribution in [0.5, 0.6) is 11.5 Å². The van der Waals surface area contributed by atoms with Gasteiger partial charge in [0.05, 0.1) is 9.50 Å². The third-order valence-electron chi connectivity index (χ3n) is 2.65. The van der Waals surface area contributed by atoms with Gasteiger partial charge in [-0.3, -0.25) is 0 Å². The van der Waals surface area contributed by atoms with Crippen molar-refractivity contribution in [2.45, 2.75) is 6.92 Å². The molecule has 0 amide bonds. The monoisotopic (exact) mass is 510 g/mol. The van der Waals surface area contributed by atoms with Gasteiger partial charge in [-0.25, -0.2) is 4.79 Å². The molecule has 2 rings (SSSR count). The summed E-state index contributed by atoms with van der Waals surface area (Å²) in [5, 5.41) is 0.420. The zero-order valence-electron chi connectivity index (χ0n) is 11.3. The Morgan fingerprint density at radius 1 is 1.14 bits per heavy atom. The van der Waals surface area contributed by atoms with Gasteiger partial charge in [0.25, 0.3) is 0 Å². The number of carbonyl (C=O) groups excluding carboxylic acids is 1. The van der Waals surface area contributed by atoms with Crippen molar-refractivity contribution in [1.82, 2.24) is 0 Å². The standard InChI is InChI=1S/C15H10Br3ClO3/c1-8-4-10(17)5-11(18)15(8)22-14(20)7-21-13-3-2-9(16)6-12(13)19/h2-6H,7H2,1H3. The number of aryl methyl sites for hydroxylation is 1. The molecule has 0 N–H and O–H groups in total. The van der Waals surface area contributed by atoms with Gasteiger partial charge in [-0.15, -0.1) is 0 Å². The highest BCUT2D eigenvalue weighted by Crippen LogP contribution is 2.32. The van der Waals surface area contributed by atoms with Crippen LogP contribution in [0.3, 0.4) is 0 Å². The van der Waals surface area contributed by atoms with Gasteiger partial charge in [-0.2, -0.15) is 0 Å². The van der Waals surface area contributed by atoms with Crippen molar-refractivity contribution in [2.75, 3.05) is 6.61 Å². The molecule has 0 spiro atoms. The van der Waals surface area contributed by atoms with Gasteiger partial charge in [0, 0.05) is 8.95 Å². The highest BCUT2D eigenvalue weighted by atomic mass is 79.9. The van der Waals surface area contributed by atoms with E-state index in [1.165, 1.54) is 0 Å². The van der Waals surface area contributed by atoms with E-state index in [1.54, 1.807) is 18.2 Å². The summed E-state index contributed by atoms with van der Waals surface area (Å²) in [6.45, 7) is 1.62. The second kappa shape index (κ2) is 7.81. The summed E-state index contributed by atoms with van der Waals surface area (Å²) in [4.78, 5) is 11.9. The number of hydrogen-bond acceptors (Lipinski definition) is 3. The van der Waals surface area contributed by atoms with Crippen LogP contribution in [0, 0.1) is 6.92 Å². The SMILES string of the molecule is Cc1cc(Br)cc(Br)c1OC(=O)COc1ccc(Br)cc1Cl. The lowest BCUT2D eigenvalue weighted by atomic mass is 10.2. The van der Waals surface area contributed by atoms with E-state index in [9.17, 15) is 4.79 Å². The Balaban J connectivity index is 2.02. The quantitative estimate of drug-likeness (QED) is 0.376. The molecule has 0 bridgehead atoms. The zero-order chi connectivity index (χ0) is 16.3. The topological polar surface area (TPSA) is 35.5 Å². The molecule has 2 aromatic rings. The molecule has 0 aromatic heterocycles. The summed E-state index contributed by atoms with van der Waals surface area (Å²) in [6.07, 6.45) is 0. The van der Waals surface area contributed by atoms with Gasteiger partial charge < -0.3 is 9.47 Å². The minimum atomic E-state index is -0.509. The van der Waals surface area contributed by atoms with E-state index in [4.69, 9.17) is 21.1 Å². The van der Waals surface area contributed by atoms with Crippen LogP contribution >= 0.6 is 59.4 Å². The molecule has 0 unspecified atom stereocenters. The molecule has 0 aliphatic rings. The van der Waals surface area contributed by atoms with E-state index in [-0.39, 0.29) is 6.61 Å². The highest BCUT2D eigenvalue weighted by Gasteiger charge is 2.13. The summed E-state index contributed by atoms with van der Waals surface area (Å²) in [5.74, 6) is 0.386. The first-order valence-corrected chi connectivity index (χ1v) is 8.86. The Morgan fingerprint density at radius 2 is 1.86 bits per heavy atom. The van der Waals surface area contributed by atoms with Crippen LogP contribution in [0.4, 0.5) is 0 Å². The first-order valence-electron chi connectivity index (χ1n) is 6.11. The van der Waals surface area contributed by atoms with Gasteiger partial charge in [-0.05, 0) is 58.7 Å². The molecular formula is C15H10Br3ClO3. The number of rotatable bonds is 4. The molecule has 0 aliphatic heterocycles. The molecule has 0 radical (unpaired) electrons. The molecule has 0 atom stereocenters. The molecule has 116 valence electrons. The summed E-state index contributed by atoms with van der Waals surface area (Å²) in [5.41, 5.74) is 0.830. The molecule has 0 aliphatic carbocycles. The highest BCUT2D eigenvalue weighted by molar-refractivity contribution is 9.11. The lowest BCUT2D eigenvalue weighted by molar-refractivity contribution is -0.136. The van der Waals surface area contributed by atoms with Crippen LogP contribution in [0.1, 0.15) is 5.56 Å². The molecule has 0 saturated carbocycles. The van der Waals surface area contributed by atoms with E-state index in [2.05, 4.69) is 47.8 Å². The second-order valence-electron chi connectivity index (χ2n) is 4.37. The van der Waals surface area contributed by atoms with Gasteiger partial charge in [0.1, 0.15) is 11.5 Å². The fraction of sp³-hybridized carbons (Fsp3) is 0.133. The Bertz CT molecular complexity index is 696. The predicted octanol–water partition coefficient (Wildman–Crippen LogP) is 5.92. The van der Waals surface area contributed by atoms with Crippen molar-refractivity contribution < 1.29 is 14.3 Å². The zero-order valence-corrected chi connectivity index (χ0v) is 16.8. The van der Waals surface area contributed by atoms with E-state index >= 15 is 0 Å². The maximum absolute atomic E-state index is 11.9. The molecule has 0 heterocycles. The van der Waals surface area contributed by atoms with Crippen molar-refractivity contribution in [3.8, 4) is 11.5 Å². The number of carbonyl (C=O) groups is 1. The number of ether oxygens (including phenoxy) is 2. The van der Waals surface area contributed by atoms with Gasteiger partial charge in [-0.1, -0.05) is 43.5 Å². The largest absolute Gasteiger partial charge is 0.480 e. The van der Waals surface area contributed by atoms with Crippen LogP contribution in [0.25, 0.3) is 0 Å². The fourth-order valence-corrected chi connectivity index (χ4v) is 3.94. The number of esters is 1. The van der Waals surface area contributed by atoms with Crippen molar-refractivity contribution in [2.24, 2.45) is 0 Å². The Labute approximate surface area is 158 Å². The van der Waals surface area contributed by atoms with E-state index < -0.39 is 5.97 Å². The summed E-state index contributed by atoms with van der Waals surface area (Å²) < 4.78 is 13.1. The van der Waals surface area contributed by atoms with E-state index in [1.807, 2.05) is 19.1 Å². The number of hydrogen-bond donors (Lipinski definition) is 0. The smallest absolute Gasteiger partial charge is 0.349 e. The Kier molecular flexibility index (Phi) is 6.32. The van der Waals surface area contributed by atoms with Crippen molar-refractivity contribution in [1.29, 1.82) is 0 Å². The molecular weight excluding hydrogens is 503 g/mol. The predicted molar refractivity (Wildman–Crippen MR) is 96.9 cm³/mol. The van der Waals surface area contributed by atoms with Crippen LogP contribution in [-0.4, -0.2) is 12.6 Å². The average Bonchev–Trinajstić information content (AvgIpc) is 2.42. The van der Waals surface area contributed by atoms with Crippen LogP contribution in [-0.2, 0) is 4.79 Å². The van der Waals surface area contributed by atoms with Crippen molar-refractivity contribution >= 4 is 65.4 Å². The maximum Gasteiger partial charge on any atom is 0.349 e. The van der Waals surface area contributed by atoms with Gasteiger partial charge >= 0.3 is 5.97 Å². The third-order valence-corrected chi connectivity index (χ3v) is 4.48. The fourth-order valence-electron chi connectivity index (χ4n) is 1.69. The molecule has 7 heteroatoms. The molecule has 2 aromatic carbocycles. The minimum absolute atomic E-state index is 0.233. The summed E-state index contributed by atoms with van der Waals surface area (Å²) >= 11 is 16.1. The number of benzene rings is 2. The van der Waals surface area contributed by atoms with Gasteiger partial charge in [0.15, 0.2) is 6.61 Å². The number of halogens is 4. The third kappa shape index (κ3) is 4.72. The molecule has 0 fully saturated rings. The van der Waals surface area contributed by atoms with Gasteiger partial charge in [0.2, 0.25) is 0 Å². The summed E-state index contributed by atoms with van der Waals surface area (Å²) in [6, 6.07) is 8.82. The van der Waals surface area contributed by atoms with E-state index in [0.717, 1.165) is 14.5 Å². The Hall–Kier alpha value is -0.560. The van der Waals surface area contributed by atoms with Crippen LogP contribution in [0.15, 0.2) is 43.7 Å². The lowest BCUT2D eigenvalue weighted by Crippen LogP contribution is -2.18. The average molecular weight is 513 g/mol. The first-order chi connectivity index (χ1) is 10.4. The molecule has 0 saturated heterocycles. The first kappa shape index (κ1) is 17.8. The van der Waals surface area contributed by atoms with Crippen molar-refractivity contribution in [3.63, 3.8) is 0 Å². The van der Waals surface area contributed by atoms with E-state index in [0.29, 0.717) is 21.0 Å². The second-order valence-corrected chi connectivity index (χ2v) is 7.46.